The topological polar surface area (TPSA) is 120 Å². The molecular weight excluding hydrogens is 444 g/mol. The summed E-state index contributed by atoms with van der Waals surface area (Å²) >= 11 is 0. The van der Waals surface area contributed by atoms with Crippen molar-refractivity contribution >= 4 is 11.7 Å². The van der Waals surface area contributed by atoms with Gasteiger partial charge >= 0.3 is 0 Å². The normalized spacial score (nSPS) is 19.5. The number of carbonyl (C=O) groups is 1. The lowest BCUT2D eigenvalue weighted by Gasteiger charge is -2.44. The quantitative estimate of drug-likeness (QED) is 0.379. The van der Waals surface area contributed by atoms with Crippen molar-refractivity contribution in [2.24, 2.45) is 0 Å². The Morgan fingerprint density at radius 3 is 2.56 bits per heavy atom. The van der Waals surface area contributed by atoms with Crippen LogP contribution in [0, 0.1) is 5.82 Å². The van der Waals surface area contributed by atoms with Crippen LogP contribution in [0.25, 0.3) is 11.3 Å². The minimum absolute atomic E-state index is 0.182. The Kier molecular flexibility index (Phi) is 7.09. The summed E-state index contributed by atoms with van der Waals surface area (Å²) in [5.74, 6) is -0.435. The van der Waals surface area contributed by atoms with Gasteiger partial charge in [-0.25, -0.2) is 8.78 Å². The molecule has 2 aromatic heterocycles. The van der Waals surface area contributed by atoms with Crippen LogP contribution in [0.5, 0.6) is 0 Å². The van der Waals surface area contributed by atoms with Crippen molar-refractivity contribution in [2.45, 2.75) is 30.5 Å². The molecule has 4 rings (SSSR count). The summed E-state index contributed by atoms with van der Waals surface area (Å²) in [6.07, 6.45) is 0.873. The Labute approximate surface area is 195 Å². The first kappa shape index (κ1) is 23.7. The van der Waals surface area contributed by atoms with Gasteiger partial charge in [-0.05, 0) is 49.2 Å². The average molecular weight is 469 g/mol. The Bertz CT molecular complexity index is 1140. The van der Waals surface area contributed by atoms with E-state index in [1.165, 1.54) is 18.3 Å². The van der Waals surface area contributed by atoms with Crippen molar-refractivity contribution < 1.29 is 23.8 Å². The molecule has 3 aromatic rings. The highest BCUT2D eigenvalue weighted by Gasteiger charge is 2.48. The van der Waals surface area contributed by atoms with Gasteiger partial charge in [-0.15, -0.1) is 10.2 Å². The summed E-state index contributed by atoms with van der Waals surface area (Å²) in [4.78, 5) is 16.5. The predicted octanol–water partition coefficient (Wildman–Crippen LogP) is 2.24. The molecule has 8 nitrogen and oxygen atoms in total. The van der Waals surface area contributed by atoms with Crippen molar-refractivity contribution in [1.82, 2.24) is 20.5 Å². The fourth-order valence-electron chi connectivity index (χ4n) is 4.06. The Hall–Kier alpha value is -3.50. The van der Waals surface area contributed by atoms with E-state index in [4.69, 9.17) is 10.2 Å². The van der Waals surface area contributed by atoms with Crippen molar-refractivity contribution in [3.63, 3.8) is 0 Å². The van der Waals surface area contributed by atoms with Crippen molar-refractivity contribution in [1.29, 1.82) is 0 Å². The van der Waals surface area contributed by atoms with Gasteiger partial charge in [0.1, 0.15) is 17.8 Å². The van der Waals surface area contributed by atoms with Crippen LogP contribution < -0.4 is 10.6 Å². The number of alkyl halides is 1. The SMILES string of the molecule is O=C(NC(CO)CO)c1cccc(-c2ccc(NC[C@]3(c4ncccc4F)C[C@H](F)C3)nn2)c1. The molecule has 0 unspecified atom stereocenters. The Morgan fingerprint density at radius 1 is 1.12 bits per heavy atom. The second-order valence-corrected chi connectivity index (χ2v) is 8.39. The van der Waals surface area contributed by atoms with Crippen molar-refractivity contribution in [3.05, 3.63) is 71.8 Å². The van der Waals surface area contributed by atoms with Crippen molar-refractivity contribution in [3.8, 4) is 11.3 Å². The summed E-state index contributed by atoms with van der Waals surface area (Å²) in [5, 5.41) is 32.3. The first-order valence-corrected chi connectivity index (χ1v) is 10.9. The van der Waals surface area contributed by atoms with Crippen LogP contribution in [0.3, 0.4) is 0 Å². The van der Waals surface area contributed by atoms with Crippen molar-refractivity contribution in [2.75, 3.05) is 25.1 Å². The third kappa shape index (κ3) is 5.02. The van der Waals surface area contributed by atoms with Crippen LogP contribution in [0.4, 0.5) is 14.6 Å². The summed E-state index contributed by atoms with van der Waals surface area (Å²) < 4.78 is 28.0. The molecule has 0 aliphatic heterocycles. The molecule has 34 heavy (non-hydrogen) atoms. The minimum Gasteiger partial charge on any atom is -0.394 e. The smallest absolute Gasteiger partial charge is 0.251 e. The number of rotatable bonds is 9. The maximum absolute atomic E-state index is 14.3. The van der Waals surface area contributed by atoms with E-state index < -0.39 is 29.4 Å². The van der Waals surface area contributed by atoms with E-state index in [1.807, 2.05) is 0 Å². The lowest BCUT2D eigenvalue weighted by atomic mass is 9.65. The average Bonchev–Trinajstić information content (AvgIpc) is 2.85. The second kappa shape index (κ2) is 10.2. The zero-order valence-corrected chi connectivity index (χ0v) is 18.3. The molecule has 1 fully saturated rings. The van der Waals surface area contributed by atoms with E-state index >= 15 is 0 Å². The van der Waals surface area contributed by atoms with Crippen LogP contribution in [0.15, 0.2) is 54.7 Å². The number of aliphatic hydroxyl groups is 2. The van der Waals surface area contributed by atoms with E-state index in [2.05, 4.69) is 25.8 Å². The van der Waals surface area contributed by atoms with Gasteiger partial charge in [-0.1, -0.05) is 12.1 Å². The van der Waals surface area contributed by atoms with Gasteiger partial charge in [0, 0.05) is 29.3 Å². The third-order valence-corrected chi connectivity index (χ3v) is 5.95. The molecule has 4 N–H and O–H groups in total. The second-order valence-electron chi connectivity index (χ2n) is 8.39. The molecule has 178 valence electrons. The van der Waals surface area contributed by atoms with Gasteiger partial charge < -0.3 is 20.8 Å². The molecule has 2 heterocycles. The van der Waals surface area contributed by atoms with E-state index in [0.717, 1.165) is 0 Å². The van der Waals surface area contributed by atoms with Crippen LogP contribution in [0.1, 0.15) is 28.9 Å². The van der Waals surface area contributed by atoms with Gasteiger partial charge in [0.05, 0.1) is 30.6 Å². The molecule has 1 aliphatic carbocycles. The van der Waals surface area contributed by atoms with E-state index in [0.29, 0.717) is 22.6 Å². The predicted molar refractivity (Wildman–Crippen MR) is 121 cm³/mol. The molecule has 0 bridgehead atoms. The molecule has 10 heteroatoms. The van der Waals surface area contributed by atoms with Gasteiger partial charge in [0.25, 0.3) is 5.91 Å². The molecule has 1 saturated carbocycles. The molecule has 1 aliphatic rings. The standard InChI is InChI=1S/C24H25F2N5O3/c25-17-10-24(11-17,22-19(26)5-2-8-27-22)14-28-21-7-6-20(30-31-21)15-3-1-4-16(9-15)23(34)29-18(12-32)13-33/h1-9,17-18,32-33H,10-14H2,(H,28,31)(H,29,34)/t17-,24-. The summed E-state index contributed by atoms with van der Waals surface area (Å²) in [6, 6.07) is 12.2. The number of halogens is 2. The number of aliphatic hydroxyl groups excluding tert-OH is 2. The fourth-order valence-corrected chi connectivity index (χ4v) is 4.06. The van der Waals surface area contributed by atoms with E-state index in [1.54, 1.807) is 36.4 Å². The summed E-state index contributed by atoms with van der Waals surface area (Å²) in [6.45, 7) is -0.480. The number of carbonyl (C=O) groups excluding carboxylic acids is 1. The number of benzene rings is 1. The van der Waals surface area contributed by atoms with Crippen LogP contribution in [-0.2, 0) is 5.41 Å². The largest absolute Gasteiger partial charge is 0.394 e. The van der Waals surface area contributed by atoms with Crippen LogP contribution in [-0.4, -0.2) is 63.3 Å². The lowest BCUT2D eigenvalue weighted by Crippen LogP contribution is -2.49. The minimum atomic E-state index is -0.994. The number of hydrogen-bond donors (Lipinski definition) is 4. The molecule has 0 spiro atoms. The Balaban J connectivity index is 1.45. The molecule has 1 amide bonds. The van der Waals surface area contributed by atoms with Gasteiger partial charge in [0.15, 0.2) is 0 Å². The number of aromatic nitrogens is 3. The van der Waals surface area contributed by atoms with Crippen LogP contribution in [0.2, 0.25) is 0 Å². The number of hydrogen-bond acceptors (Lipinski definition) is 7. The van der Waals surface area contributed by atoms with Crippen LogP contribution >= 0.6 is 0 Å². The summed E-state index contributed by atoms with van der Waals surface area (Å²) in [7, 11) is 0. The highest BCUT2D eigenvalue weighted by atomic mass is 19.1. The number of pyridine rings is 1. The lowest BCUT2D eigenvalue weighted by molar-refractivity contribution is 0.0879. The maximum atomic E-state index is 14.3. The molecule has 1 aromatic carbocycles. The van der Waals surface area contributed by atoms with Gasteiger partial charge in [0.2, 0.25) is 0 Å². The molecular formula is C24H25F2N5O3. The summed E-state index contributed by atoms with van der Waals surface area (Å²) in [5.41, 5.74) is 1.04. The third-order valence-electron chi connectivity index (χ3n) is 5.95. The number of nitrogens with zero attached hydrogens (tertiary/aromatic N) is 3. The van der Waals surface area contributed by atoms with Gasteiger partial charge in [-0.2, -0.15) is 0 Å². The number of anilines is 1. The van der Waals surface area contributed by atoms with E-state index in [9.17, 15) is 13.6 Å². The molecule has 0 saturated heterocycles. The Morgan fingerprint density at radius 2 is 1.91 bits per heavy atom. The zero-order valence-electron chi connectivity index (χ0n) is 18.3. The van der Waals surface area contributed by atoms with E-state index in [-0.39, 0.29) is 38.3 Å². The first-order valence-electron chi connectivity index (χ1n) is 10.9. The monoisotopic (exact) mass is 469 g/mol. The maximum Gasteiger partial charge on any atom is 0.251 e. The molecule has 0 atom stereocenters. The zero-order chi connectivity index (χ0) is 24.1. The van der Waals surface area contributed by atoms with Gasteiger partial charge in [-0.3, -0.25) is 9.78 Å². The molecule has 0 radical (unpaired) electrons. The number of nitrogens with one attached hydrogen (secondary N) is 2. The number of amides is 1. The highest BCUT2D eigenvalue weighted by molar-refractivity contribution is 5.95. The highest BCUT2D eigenvalue weighted by Crippen LogP contribution is 2.45. The fraction of sp³-hybridized carbons (Fsp3) is 0.333. The first-order chi connectivity index (χ1) is 16.4.